The van der Waals surface area contributed by atoms with E-state index in [-0.39, 0.29) is 38.2 Å². The predicted molar refractivity (Wildman–Crippen MR) is 519 cm³/mol. The van der Waals surface area contributed by atoms with Crippen LogP contribution in [0.1, 0.15) is 113 Å². The van der Waals surface area contributed by atoms with Crippen molar-refractivity contribution in [3.8, 4) is 142 Å². The second-order valence-electron chi connectivity index (χ2n) is 34.0. The van der Waals surface area contributed by atoms with Crippen molar-refractivity contribution in [1.29, 1.82) is 7.93 Å². The Labute approximate surface area is 745 Å². The van der Waals surface area contributed by atoms with Crippen LogP contribution >= 0.6 is 9.06 Å². The molecule has 14 aromatic carbocycles. The Bertz CT molecular complexity index is 6590. The minimum absolute atomic E-state index is 0. The first-order chi connectivity index (χ1) is 61.3. The Morgan fingerprint density at radius 3 is 0.825 bits per heavy atom. The molecule has 0 spiro atoms. The second kappa shape index (κ2) is 39.9. The number of nitrogens with zero attached hydrogens (tertiary/aromatic N) is 11. The molecule has 5 heterocycles. The van der Waals surface area contributed by atoms with E-state index in [4.69, 9.17) is 25.6 Å². The third kappa shape index (κ3) is 21.3. The van der Waals surface area contributed by atoms with Crippen molar-refractivity contribution in [2.45, 2.75) is 112 Å². The summed E-state index contributed by atoms with van der Waals surface area (Å²) in [7, 11) is 4.88. The fourth-order valence-electron chi connectivity index (χ4n) is 14.2. The Hall–Kier alpha value is -14.3. The van der Waals surface area contributed by atoms with Gasteiger partial charge < -0.3 is 17.7 Å². The van der Waals surface area contributed by atoms with E-state index in [0.29, 0.717) is 54.7 Å². The van der Waals surface area contributed by atoms with Gasteiger partial charge in [-0.05, 0) is 179 Å². The quantitative estimate of drug-likeness (QED) is 0.0841. The van der Waals surface area contributed by atoms with Crippen LogP contribution in [0.3, 0.4) is 0 Å². The molecule has 16 nitrogen and oxygen atoms in total. The van der Waals surface area contributed by atoms with Crippen LogP contribution in [0.5, 0.6) is 0 Å². The van der Waals surface area contributed by atoms with Gasteiger partial charge in [-0.2, -0.15) is 9.06 Å². The van der Waals surface area contributed by atoms with Crippen molar-refractivity contribution >= 4 is 45.8 Å². The fourth-order valence-corrected chi connectivity index (χ4v) is 14.2. The first-order valence-electron chi connectivity index (χ1n) is 42.3. The topological polar surface area (TPSA) is 210 Å². The van der Waals surface area contributed by atoms with Gasteiger partial charge in [0.2, 0.25) is 47.1 Å². The zero-order chi connectivity index (χ0) is 89.2. The van der Waals surface area contributed by atoms with Crippen LogP contribution < -0.4 is 0 Å². The Kier molecular flexibility index (Phi) is 27.4. The van der Waals surface area contributed by atoms with Crippen molar-refractivity contribution in [2.75, 3.05) is 0 Å². The van der Waals surface area contributed by atoms with Gasteiger partial charge in [-0.1, -0.05) is 345 Å². The largest absolute Gasteiger partial charge is 0.416 e. The van der Waals surface area contributed by atoms with Gasteiger partial charge in [0.1, 0.15) is 0 Å². The summed E-state index contributed by atoms with van der Waals surface area (Å²) >= 11 is 0. The molecule has 624 valence electrons. The second-order valence-corrected chi connectivity index (χ2v) is 34.0. The first-order valence-corrected chi connectivity index (χ1v) is 41.8. The molecule has 0 saturated carbocycles. The molecule has 1 atom stereocenters. The van der Waals surface area contributed by atoms with Crippen molar-refractivity contribution in [3.05, 3.63) is 368 Å². The predicted octanol–water partition coefficient (Wildman–Crippen LogP) is 27.6. The van der Waals surface area contributed by atoms with Crippen molar-refractivity contribution in [1.82, 2.24) is 55.6 Å². The molecule has 1 unspecified atom stereocenters. The van der Waals surface area contributed by atoms with Gasteiger partial charge in [0.15, 0.2) is 11.6 Å². The number of benzene rings is 14. The standard InChI is InChI=1S/C30H30N4O2.C30H27N3.C24H22N2O.C22H14N2O.CH4.BH2N.BH2P/c1-29(2,3)23-14-10-19(11-15-23)25-31-33-27(35-25)21-8-7-9-22(18-21)28-34-32-26(36-28)20-12-16-24(17-13-20)30(4,5)6;1-30(2,3)26-20-18-25(19-21-26)29-32-31-28(33(29)27-12-8-5-9-13-27)24-16-14-23(15-17-24)22-10-6-4-7-11-22;1-24(2,3)21-15-13-20(14-16-21)23-26-25-22(27-23)19-11-9-18(10-12-19)17-7-5-4-6-8-17;1-3-11-17-15(7-1)9-5-13-19(17)21-23-24-22(25-21)20-14-6-10-16-8-2-4-12-18(16)20;;2*1-2/h7-18H,1-6H3;4-21H,1-3H3;4-16H,1-3H3;1-14H;1H4;1-2H;2H2/i;;;;;1D;2D. The number of nitrogens with one attached hydrogen (secondary N) is 1. The molecule has 5 aromatic heterocycles. The third-order valence-electron chi connectivity index (χ3n) is 21.3. The van der Waals surface area contributed by atoms with E-state index in [1.54, 1.807) is 0 Å². The van der Waals surface area contributed by atoms with E-state index in [1.165, 1.54) is 38.9 Å². The summed E-state index contributed by atoms with van der Waals surface area (Å²) in [5.74, 6) is 5.65. The average molecular weight is 1670 g/mol. The van der Waals surface area contributed by atoms with Crippen LogP contribution in [0.4, 0.5) is 0 Å². The first kappa shape index (κ1) is 86.6. The molecule has 1 N–H and O–H groups in total. The van der Waals surface area contributed by atoms with Gasteiger partial charge in [0.05, 0.1) is 7.57 Å². The molecule has 19 heteroatoms. The SMILES string of the molecule is C.CC(C)(C)c1ccc(-c2nnc(-c3ccc(-c4ccccc4)cc3)n2-c2ccccc2)cc1.CC(C)(C)c1ccc(-c2nnc(-c3ccc(-c4ccccc4)cc3)o2)cc1.CC(C)(C)c1ccc(-c2nnc(-c3cccc(-c4nnc(-c5ccc(C(C)(C)C)cc5)o4)c3)o2)cc1.[2H]B=N.[2H]P[B].c1ccc2c(-c3nnc(-c4cccc5ccccc45)o3)cccc2c1. The minimum Gasteiger partial charge on any atom is -0.416 e. The van der Waals surface area contributed by atoms with Crippen LogP contribution in [-0.2, 0) is 21.7 Å². The van der Waals surface area contributed by atoms with E-state index in [1.807, 2.05) is 164 Å². The van der Waals surface area contributed by atoms with Crippen molar-refractivity contribution in [3.63, 3.8) is 0 Å². The smallest absolute Gasteiger partial charge is 0.248 e. The number of fused-ring (bicyclic) bond motifs is 2. The number of hydrogen-bond acceptors (Lipinski definition) is 15. The molecule has 0 fully saturated rings. The summed E-state index contributed by atoms with van der Waals surface area (Å²) in [6.45, 7) is 26.4. The maximum Gasteiger partial charge on any atom is 0.248 e. The van der Waals surface area contributed by atoms with E-state index in [2.05, 4.69) is 328 Å². The van der Waals surface area contributed by atoms with Gasteiger partial charge >= 0.3 is 14.3 Å². The van der Waals surface area contributed by atoms with Crippen LogP contribution in [0.25, 0.3) is 164 Å². The molecule has 2 radical (unpaired) electrons. The molecule has 0 aliphatic rings. The molecule has 0 amide bonds. The summed E-state index contributed by atoms with van der Waals surface area (Å²) in [6, 6.07) is 118. The summed E-state index contributed by atoms with van der Waals surface area (Å²) in [4.78, 5) is 0. The van der Waals surface area contributed by atoms with E-state index in [0.717, 1.165) is 100 Å². The monoisotopic (exact) mass is 1670 g/mol. The number of rotatable bonds is 13. The zero-order valence-corrected chi connectivity index (χ0v) is 73.1. The third-order valence-corrected chi connectivity index (χ3v) is 21.3. The number of para-hydroxylation sites is 1. The normalized spacial score (nSPS) is 11.5. The Morgan fingerprint density at radius 1 is 0.278 bits per heavy atom. The summed E-state index contributed by atoms with van der Waals surface area (Å²) < 4.78 is 37.9. The van der Waals surface area contributed by atoms with Crippen LogP contribution in [-0.4, -0.2) is 73.3 Å². The number of hydrogen-bond donors (Lipinski definition) is 1. The molecular weight excluding hydrogens is 1570 g/mol. The Balaban J connectivity index is 0.000000143. The summed E-state index contributed by atoms with van der Waals surface area (Å²) in [5, 5.41) is 53.6. The van der Waals surface area contributed by atoms with Crippen molar-refractivity contribution in [2.24, 2.45) is 0 Å². The summed E-state index contributed by atoms with van der Waals surface area (Å²) in [6.07, 6.45) is 0. The Morgan fingerprint density at radius 2 is 0.500 bits per heavy atom. The number of aromatic nitrogens is 11. The maximum atomic E-state index is 6.05. The van der Waals surface area contributed by atoms with E-state index >= 15 is 0 Å². The van der Waals surface area contributed by atoms with Gasteiger partial charge in [0.25, 0.3) is 0 Å². The minimum atomic E-state index is -0.167. The molecule has 19 rings (SSSR count). The van der Waals surface area contributed by atoms with Crippen molar-refractivity contribution < 1.29 is 17.7 Å². The molecule has 0 saturated heterocycles. The summed E-state index contributed by atoms with van der Waals surface area (Å²) in [5.41, 5.74) is 20.5. The average Bonchev–Trinajstić information content (AvgIpc) is 1.62. The molecular formula is C107H101B2N12O4P. The van der Waals surface area contributed by atoms with Gasteiger partial charge in [-0.3, -0.25) is 4.57 Å². The molecule has 0 bridgehead atoms. The van der Waals surface area contributed by atoms with Crippen LogP contribution in [0.15, 0.2) is 363 Å². The van der Waals surface area contributed by atoms with Gasteiger partial charge in [0, 0.05) is 62.6 Å². The molecule has 0 aliphatic heterocycles. The fraction of sp³-hybridized carbons (Fsp3) is 0.159. The van der Waals surface area contributed by atoms with E-state index < -0.39 is 0 Å². The van der Waals surface area contributed by atoms with E-state index in [9.17, 15) is 0 Å². The molecule has 0 aliphatic carbocycles. The maximum absolute atomic E-state index is 6.05. The zero-order valence-electron chi connectivity index (χ0n) is 74.1. The van der Waals surface area contributed by atoms with Crippen LogP contribution in [0.2, 0.25) is 0 Å². The molecule has 126 heavy (non-hydrogen) atoms. The molecule has 19 aromatic rings. The van der Waals surface area contributed by atoms with Gasteiger partial charge in [-0.15, -0.1) is 51.0 Å². The van der Waals surface area contributed by atoms with Crippen LogP contribution in [0, 0.1) is 5.31 Å². The van der Waals surface area contributed by atoms with Gasteiger partial charge in [-0.25, -0.2) is 0 Å².